The predicted molar refractivity (Wildman–Crippen MR) is 120 cm³/mol. The lowest BCUT2D eigenvalue weighted by Crippen LogP contribution is -2.50. The Hall–Kier alpha value is -0.863. The zero-order valence-corrected chi connectivity index (χ0v) is 19.5. The molecule has 2 heterocycles. The van der Waals surface area contributed by atoms with E-state index in [1.165, 1.54) is 25.8 Å². The molecule has 0 N–H and O–H groups in total. The van der Waals surface area contributed by atoms with Crippen LogP contribution in [0.2, 0.25) is 25.2 Å². The van der Waals surface area contributed by atoms with Crippen LogP contribution in [0, 0.1) is 11.8 Å². The maximum atomic E-state index is 2.96. The zero-order chi connectivity index (χ0) is 19.6. The molecular weight excluding hydrogens is 342 g/mol. The Balaban J connectivity index is 1.84. The van der Waals surface area contributed by atoms with E-state index < -0.39 is 8.07 Å². The number of nitrogens with zero attached hydrogens (tertiary/aromatic N) is 1. The fraction of sp³-hybridized carbons (Fsp3) is 0.680. The van der Waals surface area contributed by atoms with E-state index in [4.69, 9.17) is 0 Å². The molecule has 1 fully saturated rings. The highest BCUT2D eigenvalue weighted by atomic mass is 28.3. The standard InChI is InChI=1S/C25H39NSi/c1-8-12-18-15-21-19-13-10-11-14-20(19)24-23(17(3)9-2)25(24,4)26(21)16-22(18)27(5,6)7/h10-11,13-15,17,21-24H,8-9,12,16H2,1-7H3. The van der Waals surface area contributed by atoms with Gasteiger partial charge in [0.1, 0.15) is 0 Å². The van der Waals surface area contributed by atoms with Gasteiger partial charge in [0.2, 0.25) is 0 Å². The van der Waals surface area contributed by atoms with Crippen molar-refractivity contribution in [1.82, 2.24) is 4.90 Å². The summed E-state index contributed by atoms with van der Waals surface area (Å²) in [5, 5.41) is 0. The summed E-state index contributed by atoms with van der Waals surface area (Å²) in [6.07, 6.45) is 6.57. The Morgan fingerprint density at radius 3 is 2.41 bits per heavy atom. The van der Waals surface area contributed by atoms with Gasteiger partial charge in [-0.1, -0.05) is 89.2 Å². The van der Waals surface area contributed by atoms with Gasteiger partial charge in [0.15, 0.2) is 0 Å². The van der Waals surface area contributed by atoms with Gasteiger partial charge >= 0.3 is 0 Å². The average molecular weight is 382 g/mol. The number of benzene rings is 1. The van der Waals surface area contributed by atoms with Crippen molar-refractivity contribution in [2.45, 2.75) is 89.6 Å². The molecule has 27 heavy (non-hydrogen) atoms. The van der Waals surface area contributed by atoms with Crippen LogP contribution in [0.4, 0.5) is 0 Å². The summed E-state index contributed by atoms with van der Waals surface area (Å²) in [6.45, 7) is 18.8. The number of rotatable bonds is 5. The van der Waals surface area contributed by atoms with Crippen LogP contribution in [0.1, 0.15) is 70.0 Å². The molecule has 1 aromatic rings. The van der Waals surface area contributed by atoms with E-state index >= 15 is 0 Å². The van der Waals surface area contributed by atoms with Crippen molar-refractivity contribution in [3.05, 3.63) is 47.0 Å². The lowest BCUT2D eigenvalue weighted by Gasteiger charge is -2.49. The van der Waals surface area contributed by atoms with Crippen LogP contribution in [0.25, 0.3) is 0 Å². The zero-order valence-electron chi connectivity index (χ0n) is 18.5. The Morgan fingerprint density at radius 2 is 1.81 bits per heavy atom. The summed E-state index contributed by atoms with van der Waals surface area (Å²) in [7, 11) is -1.24. The smallest absolute Gasteiger partial charge is 0.0542 e. The summed E-state index contributed by atoms with van der Waals surface area (Å²) in [4.78, 5) is 2.96. The second kappa shape index (κ2) is 6.59. The number of hydrogen-bond donors (Lipinski definition) is 0. The van der Waals surface area contributed by atoms with E-state index in [0.29, 0.717) is 11.6 Å². The fourth-order valence-electron chi connectivity index (χ4n) is 6.60. The highest BCUT2D eigenvalue weighted by Crippen LogP contribution is 2.70. The van der Waals surface area contributed by atoms with E-state index in [9.17, 15) is 0 Å². The van der Waals surface area contributed by atoms with E-state index in [0.717, 1.165) is 23.3 Å². The third-order valence-electron chi connectivity index (χ3n) is 8.20. The molecule has 0 spiro atoms. The minimum atomic E-state index is -1.24. The van der Waals surface area contributed by atoms with Gasteiger partial charge < -0.3 is 0 Å². The quantitative estimate of drug-likeness (QED) is 0.391. The van der Waals surface area contributed by atoms with Gasteiger partial charge in [0.25, 0.3) is 0 Å². The van der Waals surface area contributed by atoms with Crippen molar-refractivity contribution in [1.29, 1.82) is 0 Å². The summed E-state index contributed by atoms with van der Waals surface area (Å²) < 4.78 is 0. The van der Waals surface area contributed by atoms with Crippen molar-refractivity contribution in [2.24, 2.45) is 11.8 Å². The summed E-state index contributed by atoms with van der Waals surface area (Å²) in [5.41, 5.74) is 6.21. The van der Waals surface area contributed by atoms with E-state index in [-0.39, 0.29) is 0 Å². The molecule has 3 aliphatic rings. The molecule has 148 valence electrons. The number of hydrogen-bond acceptors (Lipinski definition) is 1. The van der Waals surface area contributed by atoms with Gasteiger partial charge in [-0.25, -0.2) is 0 Å². The number of fused-ring (bicyclic) bond motifs is 6. The van der Waals surface area contributed by atoms with E-state index in [1.807, 2.05) is 0 Å². The first-order valence-corrected chi connectivity index (χ1v) is 14.9. The van der Waals surface area contributed by atoms with E-state index in [2.05, 4.69) is 82.6 Å². The van der Waals surface area contributed by atoms with E-state index in [1.54, 1.807) is 16.7 Å². The molecular formula is C25H39NSi. The molecule has 0 bridgehead atoms. The predicted octanol–water partition coefficient (Wildman–Crippen LogP) is 7.01. The van der Waals surface area contributed by atoms with Gasteiger partial charge in [-0.05, 0) is 41.8 Å². The molecule has 1 saturated carbocycles. The molecule has 4 rings (SSSR count). The highest BCUT2D eigenvalue weighted by molar-refractivity contribution is 6.78. The van der Waals surface area contributed by atoms with Crippen LogP contribution in [0.3, 0.4) is 0 Å². The average Bonchev–Trinajstić information content (AvgIpc) is 3.27. The van der Waals surface area contributed by atoms with Crippen LogP contribution >= 0.6 is 0 Å². The monoisotopic (exact) mass is 381 g/mol. The second-order valence-electron chi connectivity index (χ2n) is 10.8. The largest absolute Gasteiger partial charge is 0.286 e. The molecule has 0 saturated heterocycles. The molecule has 1 aliphatic carbocycles. The molecule has 0 aromatic heterocycles. The van der Waals surface area contributed by atoms with Gasteiger partial charge in [0.05, 0.1) is 14.1 Å². The Morgan fingerprint density at radius 1 is 1.15 bits per heavy atom. The van der Waals surface area contributed by atoms with Crippen molar-refractivity contribution >= 4 is 8.07 Å². The maximum absolute atomic E-state index is 2.96. The van der Waals surface area contributed by atoms with Gasteiger partial charge in [-0.3, -0.25) is 4.90 Å². The third kappa shape index (κ3) is 2.82. The fourth-order valence-corrected chi connectivity index (χ4v) is 8.70. The molecule has 2 heteroatoms. The van der Waals surface area contributed by atoms with Crippen molar-refractivity contribution in [3.8, 4) is 0 Å². The lowest BCUT2D eigenvalue weighted by molar-refractivity contribution is 0.112. The second-order valence-corrected chi connectivity index (χ2v) is 16.2. The lowest BCUT2D eigenvalue weighted by atomic mass is 9.84. The maximum Gasteiger partial charge on any atom is 0.0542 e. The summed E-state index contributed by atoms with van der Waals surface area (Å²) >= 11 is 0. The molecule has 2 aliphatic heterocycles. The van der Waals surface area contributed by atoms with Crippen LogP contribution < -0.4 is 0 Å². The van der Waals surface area contributed by atoms with Crippen LogP contribution in [0.5, 0.6) is 0 Å². The van der Waals surface area contributed by atoms with Gasteiger partial charge in [-0.15, -0.1) is 0 Å². The SMILES string of the molecule is CCCC1=CC2c3ccccc3C3C(C(C)CC)C3(C)N2CC1[Si](C)(C)C. The van der Waals surface area contributed by atoms with Gasteiger partial charge in [0, 0.05) is 18.0 Å². The van der Waals surface area contributed by atoms with Crippen molar-refractivity contribution in [3.63, 3.8) is 0 Å². The van der Waals surface area contributed by atoms with Crippen molar-refractivity contribution < 1.29 is 0 Å². The first-order valence-electron chi connectivity index (χ1n) is 11.3. The van der Waals surface area contributed by atoms with Crippen molar-refractivity contribution in [2.75, 3.05) is 6.54 Å². The topological polar surface area (TPSA) is 3.24 Å². The minimum absolute atomic E-state index is 0.362. The molecule has 0 amide bonds. The van der Waals surface area contributed by atoms with Crippen LogP contribution in [-0.2, 0) is 0 Å². The molecule has 6 unspecified atom stereocenters. The summed E-state index contributed by atoms with van der Waals surface area (Å²) in [6, 6.07) is 9.90. The first kappa shape index (κ1) is 19.5. The Labute approximate surface area is 168 Å². The normalized spacial score (nSPS) is 36.3. The third-order valence-corrected chi connectivity index (χ3v) is 10.8. The highest BCUT2D eigenvalue weighted by Gasteiger charge is 2.70. The molecule has 1 nitrogen and oxygen atoms in total. The van der Waals surface area contributed by atoms with Gasteiger partial charge in [-0.2, -0.15) is 0 Å². The first-order chi connectivity index (χ1) is 12.7. The molecule has 0 radical (unpaired) electrons. The summed E-state index contributed by atoms with van der Waals surface area (Å²) in [5.74, 6) is 2.36. The van der Waals surface area contributed by atoms with Crippen LogP contribution in [0.15, 0.2) is 35.9 Å². The molecule has 6 atom stereocenters. The minimum Gasteiger partial charge on any atom is -0.286 e. The Bertz CT molecular complexity index is 745. The Kier molecular flexibility index (Phi) is 4.75. The molecule has 1 aromatic carbocycles. The van der Waals surface area contributed by atoms with Crippen LogP contribution in [-0.4, -0.2) is 25.1 Å².